The van der Waals surface area contributed by atoms with Gasteiger partial charge in [-0.05, 0) is 64.2 Å². The van der Waals surface area contributed by atoms with E-state index in [9.17, 15) is 14.4 Å². The van der Waals surface area contributed by atoms with Crippen LogP contribution in [0.1, 0.15) is 252 Å². The highest BCUT2D eigenvalue weighted by molar-refractivity contribution is 5.71. The lowest BCUT2D eigenvalue weighted by atomic mass is 10.0. The first-order chi connectivity index (χ1) is 30.0. The fourth-order valence-electron chi connectivity index (χ4n) is 7.21. The minimum atomic E-state index is -0.790. The summed E-state index contributed by atoms with van der Waals surface area (Å²) in [5.74, 6) is -0.931. The van der Waals surface area contributed by atoms with Gasteiger partial charge >= 0.3 is 17.9 Å². The summed E-state index contributed by atoms with van der Waals surface area (Å²) in [7, 11) is 0. The van der Waals surface area contributed by atoms with E-state index >= 15 is 0 Å². The summed E-state index contributed by atoms with van der Waals surface area (Å²) in [5, 5.41) is 0. The quantitative estimate of drug-likeness (QED) is 0.0200. The van der Waals surface area contributed by atoms with E-state index in [4.69, 9.17) is 14.2 Å². The minimum absolute atomic E-state index is 0.0895. The van der Waals surface area contributed by atoms with Crippen LogP contribution in [0, 0.1) is 0 Å². The van der Waals surface area contributed by atoms with Crippen molar-refractivity contribution in [1.82, 2.24) is 0 Å². The standard InChI is InChI=1S/C55H96O6/c1-4-7-10-13-16-19-22-25-27-28-31-33-36-39-42-45-48-54(57)60-51-52(50-59-53(56)47-44-41-38-35-32-29-24-21-18-15-12-9-6-3)61-55(58)49-46-43-40-37-34-30-26-23-20-17-14-11-8-5-2/h9,12,15,18,21,24,27-29,32,52H,4-8,10-11,13-14,16-17,19-20,22-23,25-26,30-31,33-51H2,1-3H3/b12-9+,18-15+,24-21+,28-27+,32-29+. The summed E-state index contributed by atoms with van der Waals surface area (Å²) in [4.78, 5) is 37.9. The van der Waals surface area contributed by atoms with Crippen molar-refractivity contribution in [3.05, 3.63) is 60.8 Å². The number of hydrogen-bond acceptors (Lipinski definition) is 6. The van der Waals surface area contributed by atoms with Gasteiger partial charge in [0.15, 0.2) is 6.10 Å². The van der Waals surface area contributed by atoms with Gasteiger partial charge in [-0.15, -0.1) is 0 Å². The SMILES string of the molecule is CC/C=C/C=C/C=C/C=C/CCCCCC(=O)OCC(COC(=O)CCCCCCC/C=C/CCCCCCCCC)OC(=O)CCCCCCCCCCCCCCCC. The Morgan fingerprint density at radius 3 is 1.07 bits per heavy atom. The zero-order chi connectivity index (χ0) is 44.4. The Morgan fingerprint density at radius 2 is 0.656 bits per heavy atom. The van der Waals surface area contributed by atoms with Gasteiger partial charge in [-0.1, -0.05) is 229 Å². The Kier molecular flexibility index (Phi) is 47.4. The van der Waals surface area contributed by atoms with E-state index in [0.717, 1.165) is 77.0 Å². The second kappa shape index (κ2) is 49.8. The highest BCUT2D eigenvalue weighted by atomic mass is 16.6. The molecule has 0 aromatic rings. The smallest absolute Gasteiger partial charge is 0.306 e. The molecule has 1 atom stereocenters. The Labute approximate surface area is 377 Å². The van der Waals surface area contributed by atoms with Crippen molar-refractivity contribution in [2.75, 3.05) is 13.2 Å². The molecule has 0 heterocycles. The number of carbonyl (C=O) groups is 3. The van der Waals surface area contributed by atoms with Crippen LogP contribution in [0.15, 0.2) is 60.8 Å². The molecule has 0 aromatic carbocycles. The molecule has 1 unspecified atom stereocenters. The molecule has 0 aliphatic rings. The van der Waals surface area contributed by atoms with Gasteiger partial charge in [-0.2, -0.15) is 0 Å². The molecule has 0 aromatic heterocycles. The summed E-state index contributed by atoms with van der Waals surface area (Å²) in [6.45, 7) is 6.46. The molecule has 352 valence electrons. The second-order valence-corrected chi connectivity index (χ2v) is 17.1. The van der Waals surface area contributed by atoms with Crippen LogP contribution in [-0.4, -0.2) is 37.2 Å². The fourth-order valence-corrected chi connectivity index (χ4v) is 7.21. The number of ether oxygens (including phenoxy) is 3. The van der Waals surface area contributed by atoms with E-state index < -0.39 is 6.10 Å². The monoisotopic (exact) mass is 853 g/mol. The van der Waals surface area contributed by atoms with E-state index in [1.54, 1.807) is 0 Å². The molecule has 0 N–H and O–H groups in total. The third-order valence-electron chi connectivity index (χ3n) is 11.1. The molecule has 0 fully saturated rings. The van der Waals surface area contributed by atoms with E-state index in [2.05, 4.69) is 51.2 Å². The van der Waals surface area contributed by atoms with Crippen LogP contribution in [0.4, 0.5) is 0 Å². The van der Waals surface area contributed by atoms with E-state index in [-0.39, 0.29) is 31.1 Å². The van der Waals surface area contributed by atoms with Crippen LogP contribution in [0.3, 0.4) is 0 Å². The zero-order valence-corrected chi connectivity index (χ0v) is 40.2. The maximum Gasteiger partial charge on any atom is 0.306 e. The first kappa shape index (κ1) is 58.1. The lowest BCUT2D eigenvalue weighted by molar-refractivity contribution is -0.167. The summed E-state index contributed by atoms with van der Waals surface area (Å²) in [6.07, 6.45) is 60.6. The van der Waals surface area contributed by atoms with Crippen molar-refractivity contribution in [2.45, 2.75) is 258 Å². The van der Waals surface area contributed by atoms with Gasteiger partial charge in [0.25, 0.3) is 0 Å². The molecule has 0 bridgehead atoms. The largest absolute Gasteiger partial charge is 0.462 e. The number of hydrogen-bond donors (Lipinski definition) is 0. The van der Waals surface area contributed by atoms with Crippen LogP contribution in [0.25, 0.3) is 0 Å². The lowest BCUT2D eigenvalue weighted by Gasteiger charge is -2.18. The Bertz CT molecular complexity index is 1120. The van der Waals surface area contributed by atoms with Gasteiger partial charge in [0.1, 0.15) is 13.2 Å². The van der Waals surface area contributed by atoms with Gasteiger partial charge in [0.2, 0.25) is 0 Å². The minimum Gasteiger partial charge on any atom is -0.462 e. The Balaban J connectivity index is 4.42. The molecule has 0 radical (unpaired) electrons. The maximum absolute atomic E-state index is 12.8. The van der Waals surface area contributed by atoms with E-state index in [0.29, 0.717) is 19.3 Å². The van der Waals surface area contributed by atoms with Crippen molar-refractivity contribution in [1.29, 1.82) is 0 Å². The van der Waals surface area contributed by atoms with Gasteiger partial charge < -0.3 is 14.2 Å². The second-order valence-electron chi connectivity index (χ2n) is 17.1. The molecule has 0 saturated heterocycles. The molecule has 0 spiro atoms. The summed E-state index contributed by atoms with van der Waals surface area (Å²) in [6, 6.07) is 0. The van der Waals surface area contributed by atoms with Gasteiger partial charge in [0.05, 0.1) is 0 Å². The molecule has 0 aliphatic heterocycles. The maximum atomic E-state index is 12.8. The number of esters is 3. The molecule has 6 nitrogen and oxygen atoms in total. The molecule has 61 heavy (non-hydrogen) atoms. The Hall–Kier alpha value is -2.89. The molecular weight excluding hydrogens is 757 g/mol. The van der Waals surface area contributed by atoms with Crippen molar-refractivity contribution in [3.63, 3.8) is 0 Å². The average molecular weight is 853 g/mol. The van der Waals surface area contributed by atoms with Gasteiger partial charge in [-0.3, -0.25) is 14.4 Å². The van der Waals surface area contributed by atoms with Crippen LogP contribution in [0.5, 0.6) is 0 Å². The van der Waals surface area contributed by atoms with Crippen LogP contribution in [0.2, 0.25) is 0 Å². The van der Waals surface area contributed by atoms with Crippen molar-refractivity contribution < 1.29 is 28.6 Å². The molecular formula is C55H96O6. The molecule has 0 rings (SSSR count). The Morgan fingerprint density at radius 1 is 0.344 bits per heavy atom. The number of allylic oxidation sites excluding steroid dienone is 10. The van der Waals surface area contributed by atoms with Crippen LogP contribution >= 0.6 is 0 Å². The third kappa shape index (κ3) is 48.0. The normalized spacial score (nSPS) is 12.5. The van der Waals surface area contributed by atoms with Gasteiger partial charge in [0, 0.05) is 19.3 Å². The average Bonchev–Trinajstić information content (AvgIpc) is 3.26. The third-order valence-corrected chi connectivity index (χ3v) is 11.1. The fraction of sp³-hybridized carbons (Fsp3) is 0.764. The predicted octanol–water partition coefficient (Wildman–Crippen LogP) is 16.9. The van der Waals surface area contributed by atoms with E-state index in [1.807, 2.05) is 30.4 Å². The molecule has 0 amide bonds. The van der Waals surface area contributed by atoms with Crippen molar-refractivity contribution >= 4 is 17.9 Å². The summed E-state index contributed by atoms with van der Waals surface area (Å²) >= 11 is 0. The summed E-state index contributed by atoms with van der Waals surface area (Å²) in [5.41, 5.74) is 0. The van der Waals surface area contributed by atoms with Crippen LogP contribution in [-0.2, 0) is 28.6 Å². The lowest BCUT2D eigenvalue weighted by Crippen LogP contribution is -2.30. The molecule has 0 saturated carbocycles. The number of rotatable bonds is 46. The zero-order valence-electron chi connectivity index (χ0n) is 40.2. The number of carbonyl (C=O) groups excluding carboxylic acids is 3. The first-order valence-electron chi connectivity index (χ1n) is 25.8. The molecule has 0 aliphatic carbocycles. The van der Waals surface area contributed by atoms with Gasteiger partial charge in [-0.25, -0.2) is 0 Å². The highest BCUT2D eigenvalue weighted by Gasteiger charge is 2.19. The molecule has 6 heteroatoms. The topological polar surface area (TPSA) is 78.9 Å². The number of unbranched alkanes of at least 4 members (excludes halogenated alkanes) is 28. The van der Waals surface area contributed by atoms with E-state index in [1.165, 1.54) is 135 Å². The summed E-state index contributed by atoms with van der Waals surface area (Å²) < 4.78 is 16.8. The predicted molar refractivity (Wildman–Crippen MR) is 261 cm³/mol. The van der Waals surface area contributed by atoms with Crippen molar-refractivity contribution in [2.24, 2.45) is 0 Å². The van der Waals surface area contributed by atoms with Crippen LogP contribution < -0.4 is 0 Å². The highest BCUT2D eigenvalue weighted by Crippen LogP contribution is 2.15. The first-order valence-corrected chi connectivity index (χ1v) is 25.8. The van der Waals surface area contributed by atoms with Crippen molar-refractivity contribution in [3.8, 4) is 0 Å².